The molecule has 0 aromatic heterocycles. The van der Waals surface area contributed by atoms with Gasteiger partial charge < -0.3 is 14.6 Å². The number of hydrogen-bond donors (Lipinski definition) is 1. The highest BCUT2D eigenvalue weighted by Crippen LogP contribution is 2.20. The van der Waals surface area contributed by atoms with Crippen molar-refractivity contribution < 1.29 is 28.6 Å². The van der Waals surface area contributed by atoms with E-state index in [9.17, 15) is 14.0 Å². The first-order valence-electron chi connectivity index (χ1n) is 8.02. The molecule has 0 unspecified atom stereocenters. The summed E-state index contributed by atoms with van der Waals surface area (Å²) in [6.07, 6.45) is 2.95. The van der Waals surface area contributed by atoms with Gasteiger partial charge in [-0.05, 0) is 48.9 Å². The van der Waals surface area contributed by atoms with E-state index in [2.05, 4.69) is 0 Å². The fourth-order valence-corrected chi connectivity index (χ4v) is 2.06. The Bertz CT molecular complexity index is 884. The van der Waals surface area contributed by atoms with Gasteiger partial charge in [0, 0.05) is 24.1 Å². The van der Waals surface area contributed by atoms with Crippen molar-refractivity contribution in [3.05, 3.63) is 65.5 Å². The summed E-state index contributed by atoms with van der Waals surface area (Å²) in [5.74, 6) is -2.01. The minimum atomic E-state index is -1.19. The highest BCUT2D eigenvalue weighted by atomic mass is 19.1. The summed E-state index contributed by atoms with van der Waals surface area (Å²) < 4.78 is 24.5. The number of carboxylic acids is 1. The van der Waals surface area contributed by atoms with Crippen LogP contribution >= 0.6 is 0 Å². The van der Waals surface area contributed by atoms with Crippen molar-refractivity contribution in [2.75, 3.05) is 6.61 Å². The van der Waals surface area contributed by atoms with Crippen LogP contribution in [0.2, 0.25) is 0 Å². The lowest BCUT2D eigenvalue weighted by Crippen LogP contribution is -2.08. The van der Waals surface area contributed by atoms with Gasteiger partial charge in [-0.3, -0.25) is 0 Å². The summed E-state index contributed by atoms with van der Waals surface area (Å²) >= 11 is 0. The molecule has 0 saturated carbocycles. The lowest BCUT2D eigenvalue weighted by atomic mass is 10.2. The van der Waals surface area contributed by atoms with Gasteiger partial charge in [-0.25, -0.2) is 14.0 Å². The molecule has 2 aromatic rings. The largest absolute Gasteiger partial charge is 0.494 e. The van der Waals surface area contributed by atoms with E-state index in [0.29, 0.717) is 25.2 Å². The van der Waals surface area contributed by atoms with E-state index in [1.54, 1.807) is 12.1 Å². The quantitative estimate of drug-likeness (QED) is 0.329. The second-order valence-corrected chi connectivity index (χ2v) is 5.38. The highest BCUT2D eigenvalue weighted by Gasteiger charge is 2.10. The molecule has 0 aliphatic rings. The lowest BCUT2D eigenvalue weighted by Gasteiger charge is -2.07. The third kappa shape index (κ3) is 6.29. The SMILES string of the molecule is N#CCCCOc1ccc(C(=O)Oc2ccc(/C=C/C(=O)O)c(F)c2)cc1. The van der Waals surface area contributed by atoms with E-state index in [-0.39, 0.29) is 16.9 Å². The minimum absolute atomic E-state index is 0.00167. The number of esters is 1. The number of benzene rings is 2. The van der Waals surface area contributed by atoms with E-state index < -0.39 is 17.8 Å². The van der Waals surface area contributed by atoms with E-state index in [1.807, 2.05) is 6.07 Å². The van der Waals surface area contributed by atoms with Gasteiger partial charge in [0.05, 0.1) is 18.2 Å². The topological polar surface area (TPSA) is 96.6 Å². The fraction of sp³-hybridized carbons (Fsp3) is 0.150. The first-order chi connectivity index (χ1) is 13.0. The molecule has 0 spiro atoms. The Balaban J connectivity index is 1.97. The number of unbranched alkanes of at least 4 members (excludes halogenated alkanes) is 1. The van der Waals surface area contributed by atoms with Crippen LogP contribution in [-0.2, 0) is 4.79 Å². The summed E-state index contributed by atoms with van der Waals surface area (Å²) in [6, 6.07) is 11.9. The van der Waals surface area contributed by atoms with Gasteiger partial charge in [0.2, 0.25) is 0 Å². The first-order valence-corrected chi connectivity index (χ1v) is 8.02. The molecule has 0 aliphatic heterocycles. The molecule has 0 radical (unpaired) electrons. The van der Waals surface area contributed by atoms with Crippen molar-refractivity contribution in [1.29, 1.82) is 5.26 Å². The average Bonchev–Trinajstić information content (AvgIpc) is 2.65. The lowest BCUT2D eigenvalue weighted by molar-refractivity contribution is -0.131. The van der Waals surface area contributed by atoms with Gasteiger partial charge in [-0.1, -0.05) is 0 Å². The number of carboxylic acid groups (broad SMARTS) is 1. The maximum atomic E-state index is 13.9. The van der Waals surface area contributed by atoms with Crippen LogP contribution in [0.15, 0.2) is 48.5 Å². The van der Waals surface area contributed by atoms with Gasteiger partial charge in [0.15, 0.2) is 0 Å². The maximum absolute atomic E-state index is 13.9. The fourth-order valence-electron chi connectivity index (χ4n) is 2.06. The van der Waals surface area contributed by atoms with Crippen molar-refractivity contribution in [2.24, 2.45) is 0 Å². The third-order valence-corrected chi connectivity index (χ3v) is 3.38. The van der Waals surface area contributed by atoms with Crippen LogP contribution in [0.4, 0.5) is 4.39 Å². The van der Waals surface area contributed by atoms with Crippen molar-refractivity contribution in [2.45, 2.75) is 12.8 Å². The predicted molar refractivity (Wildman–Crippen MR) is 94.8 cm³/mol. The van der Waals surface area contributed by atoms with Crippen molar-refractivity contribution in [3.8, 4) is 17.6 Å². The zero-order valence-electron chi connectivity index (χ0n) is 14.2. The number of ether oxygens (including phenoxy) is 2. The second kappa shape index (κ2) is 9.73. The Kier molecular flexibility index (Phi) is 7.08. The maximum Gasteiger partial charge on any atom is 0.343 e. The van der Waals surface area contributed by atoms with Gasteiger partial charge in [0.1, 0.15) is 17.3 Å². The number of nitrogens with zero attached hydrogens (tertiary/aromatic N) is 1. The molecule has 138 valence electrons. The number of rotatable bonds is 8. The van der Waals surface area contributed by atoms with Gasteiger partial charge in [-0.2, -0.15) is 5.26 Å². The molecule has 0 bridgehead atoms. The van der Waals surface area contributed by atoms with Gasteiger partial charge in [-0.15, -0.1) is 0 Å². The molecular formula is C20H16FNO5. The smallest absolute Gasteiger partial charge is 0.343 e. The molecule has 2 rings (SSSR count). The van der Waals surface area contributed by atoms with Crippen LogP contribution in [0.5, 0.6) is 11.5 Å². The zero-order chi connectivity index (χ0) is 19.6. The molecular weight excluding hydrogens is 353 g/mol. The van der Waals surface area contributed by atoms with Crippen molar-refractivity contribution in [3.63, 3.8) is 0 Å². The molecule has 2 aromatic carbocycles. The standard InChI is InChI=1S/C20H16FNO5/c21-18-13-17(9-3-14(18)6-10-19(23)24)27-20(25)15-4-7-16(8-5-15)26-12-2-1-11-22/h3-10,13H,1-2,12H2,(H,23,24)/b10-6+. The molecule has 0 fully saturated rings. The monoisotopic (exact) mass is 369 g/mol. The molecule has 0 saturated heterocycles. The summed E-state index contributed by atoms with van der Waals surface area (Å²) in [5.41, 5.74) is 0.324. The van der Waals surface area contributed by atoms with Crippen LogP contribution in [0.1, 0.15) is 28.8 Å². The van der Waals surface area contributed by atoms with E-state index in [1.165, 1.54) is 24.3 Å². The second-order valence-electron chi connectivity index (χ2n) is 5.38. The summed E-state index contributed by atoms with van der Waals surface area (Å²) in [6.45, 7) is 0.402. The van der Waals surface area contributed by atoms with Crippen LogP contribution in [-0.4, -0.2) is 23.7 Å². The van der Waals surface area contributed by atoms with Crippen molar-refractivity contribution in [1.82, 2.24) is 0 Å². The Morgan fingerprint density at radius 1 is 1.15 bits per heavy atom. The first kappa shape index (κ1) is 19.7. The third-order valence-electron chi connectivity index (χ3n) is 3.38. The average molecular weight is 369 g/mol. The number of carbonyl (C=O) groups is 2. The summed E-state index contributed by atoms with van der Waals surface area (Å²) in [7, 11) is 0. The summed E-state index contributed by atoms with van der Waals surface area (Å²) in [5, 5.41) is 17.0. The van der Waals surface area contributed by atoms with Crippen LogP contribution < -0.4 is 9.47 Å². The Morgan fingerprint density at radius 2 is 1.85 bits per heavy atom. The molecule has 7 heteroatoms. The molecule has 0 atom stereocenters. The van der Waals surface area contributed by atoms with Crippen molar-refractivity contribution >= 4 is 18.0 Å². The molecule has 6 nitrogen and oxygen atoms in total. The molecule has 0 aliphatic carbocycles. The molecule has 0 heterocycles. The molecule has 27 heavy (non-hydrogen) atoms. The Labute approximate surface area is 155 Å². The number of aliphatic carboxylic acids is 1. The minimum Gasteiger partial charge on any atom is -0.494 e. The zero-order valence-corrected chi connectivity index (χ0v) is 14.2. The van der Waals surface area contributed by atoms with E-state index in [0.717, 1.165) is 18.2 Å². The van der Waals surface area contributed by atoms with Crippen LogP contribution in [0, 0.1) is 17.1 Å². The Hall–Kier alpha value is -3.66. The Morgan fingerprint density at radius 3 is 2.48 bits per heavy atom. The molecule has 0 amide bonds. The van der Waals surface area contributed by atoms with E-state index >= 15 is 0 Å². The van der Waals surface area contributed by atoms with Gasteiger partial charge in [0.25, 0.3) is 0 Å². The molecule has 1 N–H and O–H groups in total. The van der Waals surface area contributed by atoms with Gasteiger partial charge >= 0.3 is 11.9 Å². The van der Waals surface area contributed by atoms with Crippen LogP contribution in [0.3, 0.4) is 0 Å². The highest BCUT2D eigenvalue weighted by molar-refractivity contribution is 5.91. The number of carbonyl (C=O) groups excluding carboxylic acids is 1. The summed E-state index contributed by atoms with van der Waals surface area (Å²) in [4.78, 5) is 22.6. The number of halogens is 1. The predicted octanol–water partition coefficient (Wildman–Crippen LogP) is 3.83. The normalized spacial score (nSPS) is 10.4. The number of nitriles is 1. The van der Waals surface area contributed by atoms with E-state index in [4.69, 9.17) is 19.8 Å². The van der Waals surface area contributed by atoms with Crippen LogP contribution in [0.25, 0.3) is 6.08 Å². The number of hydrogen-bond acceptors (Lipinski definition) is 5.